The zero-order valence-corrected chi connectivity index (χ0v) is 11.0. The monoisotopic (exact) mass is 253 g/mol. The SMILES string of the molecule is CCS(=O)(=O)CCC1(N)CCc2ccccc21. The number of rotatable bonds is 4. The molecular weight excluding hydrogens is 234 g/mol. The topological polar surface area (TPSA) is 60.2 Å². The zero-order chi connectivity index (χ0) is 12.5. The Morgan fingerprint density at radius 2 is 2.06 bits per heavy atom. The van der Waals surface area contributed by atoms with E-state index in [1.54, 1.807) is 6.92 Å². The van der Waals surface area contributed by atoms with E-state index in [1.807, 2.05) is 18.2 Å². The van der Waals surface area contributed by atoms with E-state index in [2.05, 4.69) is 6.07 Å². The lowest BCUT2D eigenvalue weighted by Gasteiger charge is -2.25. The van der Waals surface area contributed by atoms with Crippen LogP contribution in [0.5, 0.6) is 0 Å². The summed E-state index contributed by atoms with van der Waals surface area (Å²) >= 11 is 0. The number of sulfone groups is 1. The van der Waals surface area contributed by atoms with Crippen LogP contribution < -0.4 is 5.73 Å². The van der Waals surface area contributed by atoms with E-state index < -0.39 is 15.4 Å². The molecule has 0 radical (unpaired) electrons. The van der Waals surface area contributed by atoms with E-state index >= 15 is 0 Å². The molecule has 3 nitrogen and oxygen atoms in total. The molecule has 17 heavy (non-hydrogen) atoms. The van der Waals surface area contributed by atoms with Crippen molar-refractivity contribution in [1.82, 2.24) is 0 Å². The van der Waals surface area contributed by atoms with Gasteiger partial charge in [-0.2, -0.15) is 0 Å². The average molecular weight is 253 g/mol. The van der Waals surface area contributed by atoms with Crippen LogP contribution in [0.4, 0.5) is 0 Å². The Bertz CT molecular complexity index is 510. The molecular formula is C13H19NO2S. The van der Waals surface area contributed by atoms with Crippen molar-refractivity contribution in [3.63, 3.8) is 0 Å². The fourth-order valence-corrected chi connectivity index (χ4v) is 3.42. The minimum atomic E-state index is -2.93. The van der Waals surface area contributed by atoms with Crippen molar-refractivity contribution in [3.05, 3.63) is 35.4 Å². The molecule has 1 aliphatic carbocycles. The molecule has 0 bridgehead atoms. The highest BCUT2D eigenvalue weighted by Crippen LogP contribution is 2.37. The van der Waals surface area contributed by atoms with Crippen molar-refractivity contribution in [2.75, 3.05) is 11.5 Å². The number of fused-ring (bicyclic) bond motifs is 1. The van der Waals surface area contributed by atoms with Crippen molar-refractivity contribution < 1.29 is 8.42 Å². The highest BCUT2D eigenvalue weighted by Gasteiger charge is 2.35. The first kappa shape index (κ1) is 12.6. The molecule has 0 aliphatic heterocycles. The highest BCUT2D eigenvalue weighted by atomic mass is 32.2. The Hall–Kier alpha value is -0.870. The molecule has 0 heterocycles. The van der Waals surface area contributed by atoms with E-state index in [4.69, 9.17) is 5.73 Å². The van der Waals surface area contributed by atoms with Crippen molar-refractivity contribution in [2.45, 2.75) is 31.7 Å². The molecule has 0 saturated heterocycles. The van der Waals surface area contributed by atoms with E-state index in [-0.39, 0.29) is 11.5 Å². The highest BCUT2D eigenvalue weighted by molar-refractivity contribution is 7.91. The lowest BCUT2D eigenvalue weighted by atomic mass is 9.90. The first-order valence-electron chi connectivity index (χ1n) is 6.04. The van der Waals surface area contributed by atoms with Crippen LogP contribution in [0.3, 0.4) is 0 Å². The molecule has 2 N–H and O–H groups in total. The Morgan fingerprint density at radius 1 is 1.35 bits per heavy atom. The summed E-state index contributed by atoms with van der Waals surface area (Å²) < 4.78 is 23.1. The summed E-state index contributed by atoms with van der Waals surface area (Å²) in [4.78, 5) is 0. The third-order valence-corrected chi connectivity index (χ3v) is 5.40. The number of aryl methyl sites for hydroxylation is 1. The summed E-state index contributed by atoms with van der Waals surface area (Å²) in [6.45, 7) is 1.68. The second-order valence-corrected chi connectivity index (χ2v) is 7.27. The van der Waals surface area contributed by atoms with Crippen LogP contribution in [-0.4, -0.2) is 19.9 Å². The maximum atomic E-state index is 11.6. The first-order chi connectivity index (χ1) is 7.97. The molecule has 1 aliphatic rings. The standard InChI is InChI=1S/C13H19NO2S/c1-2-17(15,16)10-9-13(14)8-7-11-5-3-4-6-12(11)13/h3-6H,2,7-10,14H2,1H3. The fourth-order valence-electron chi connectivity index (χ4n) is 2.46. The van der Waals surface area contributed by atoms with Gasteiger partial charge in [-0.3, -0.25) is 0 Å². The number of nitrogens with two attached hydrogens (primary N) is 1. The molecule has 0 amide bonds. The predicted octanol–water partition coefficient (Wildman–Crippen LogP) is 1.61. The van der Waals surface area contributed by atoms with E-state index in [0.717, 1.165) is 18.4 Å². The van der Waals surface area contributed by atoms with Gasteiger partial charge >= 0.3 is 0 Å². The van der Waals surface area contributed by atoms with E-state index in [1.165, 1.54) is 5.56 Å². The molecule has 0 aromatic heterocycles. The molecule has 1 atom stereocenters. The molecule has 2 rings (SSSR count). The van der Waals surface area contributed by atoms with Gasteiger partial charge in [-0.05, 0) is 30.4 Å². The van der Waals surface area contributed by atoms with Gasteiger partial charge in [-0.15, -0.1) is 0 Å². The zero-order valence-electron chi connectivity index (χ0n) is 10.1. The summed E-state index contributed by atoms with van der Waals surface area (Å²) in [6, 6.07) is 8.09. The van der Waals surface area contributed by atoms with Gasteiger partial charge < -0.3 is 5.73 Å². The first-order valence-corrected chi connectivity index (χ1v) is 7.87. The lowest BCUT2D eigenvalue weighted by Crippen LogP contribution is -2.36. The molecule has 1 unspecified atom stereocenters. The summed E-state index contributed by atoms with van der Waals surface area (Å²) in [5, 5.41) is 0. The summed E-state index contributed by atoms with van der Waals surface area (Å²) in [6.07, 6.45) is 2.34. The molecule has 0 fully saturated rings. The van der Waals surface area contributed by atoms with Crippen LogP contribution in [0.25, 0.3) is 0 Å². The maximum absolute atomic E-state index is 11.6. The van der Waals surface area contributed by atoms with Gasteiger partial charge in [0.1, 0.15) is 9.84 Å². The maximum Gasteiger partial charge on any atom is 0.150 e. The van der Waals surface area contributed by atoms with Crippen molar-refractivity contribution in [3.8, 4) is 0 Å². The number of benzene rings is 1. The minimum Gasteiger partial charge on any atom is -0.321 e. The summed E-state index contributed by atoms with van der Waals surface area (Å²) in [5.74, 6) is 0.388. The van der Waals surface area contributed by atoms with Gasteiger partial charge in [0.05, 0.1) is 5.75 Å². The van der Waals surface area contributed by atoms with Gasteiger partial charge in [-0.25, -0.2) is 8.42 Å². The largest absolute Gasteiger partial charge is 0.321 e. The van der Waals surface area contributed by atoms with E-state index in [9.17, 15) is 8.42 Å². The fraction of sp³-hybridized carbons (Fsp3) is 0.538. The number of hydrogen-bond donors (Lipinski definition) is 1. The Morgan fingerprint density at radius 3 is 2.76 bits per heavy atom. The Kier molecular flexibility index (Phi) is 3.27. The lowest BCUT2D eigenvalue weighted by molar-refractivity contribution is 0.425. The quantitative estimate of drug-likeness (QED) is 0.887. The van der Waals surface area contributed by atoms with Gasteiger partial charge in [-0.1, -0.05) is 31.2 Å². The Balaban J connectivity index is 2.17. The van der Waals surface area contributed by atoms with Crippen LogP contribution in [0.1, 0.15) is 30.9 Å². The van der Waals surface area contributed by atoms with Crippen molar-refractivity contribution in [2.24, 2.45) is 5.73 Å². The van der Waals surface area contributed by atoms with Crippen molar-refractivity contribution >= 4 is 9.84 Å². The van der Waals surface area contributed by atoms with Gasteiger partial charge in [0.25, 0.3) is 0 Å². The number of hydrogen-bond acceptors (Lipinski definition) is 3. The summed E-state index contributed by atoms with van der Waals surface area (Å²) in [5.41, 5.74) is 8.32. The second-order valence-electron chi connectivity index (χ2n) is 4.80. The van der Waals surface area contributed by atoms with Crippen molar-refractivity contribution in [1.29, 1.82) is 0 Å². The van der Waals surface area contributed by atoms with Crippen LogP contribution in [0.15, 0.2) is 24.3 Å². The molecule has 4 heteroatoms. The molecule has 1 aromatic carbocycles. The molecule has 0 spiro atoms. The molecule has 0 saturated carbocycles. The van der Waals surface area contributed by atoms with Crippen LogP contribution in [-0.2, 0) is 21.8 Å². The van der Waals surface area contributed by atoms with Crippen LogP contribution in [0.2, 0.25) is 0 Å². The van der Waals surface area contributed by atoms with Gasteiger partial charge in [0, 0.05) is 11.3 Å². The van der Waals surface area contributed by atoms with Gasteiger partial charge in [0.2, 0.25) is 0 Å². The van der Waals surface area contributed by atoms with E-state index in [0.29, 0.717) is 6.42 Å². The predicted molar refractivity (Wildman–Crippen MR) is 69.6 cm³/mol. The Labute approximate surface area is 103 Å². The van der Waals surface area contributed by atoms with Crippen LogP contribution >= 0.6 is 0 Å². The third kappa shape index (κ3) is 2.53. The van der Waals surface area contributed by atoms with Crippen LogP contribution in [0, 0.1) is 0 Å². The summed E-state index contributed by atoms with van der Waals surface area (Å²) in [7, 11) is -2.93. The molecule has 1 aromatic rings. The smallest absolute Gasteiger partial charge is 0.150 e. The normalized spacial score (nSPS) is 23.6. The molecule has 94 valence electrons. The average Bonchev–Trinajstić information content (AvgIpc) is 2.67. The minimum absolute atomic E-state index is 0.189. The third-order valence-electron chi connectivity index (χ3n) is 3.69. The second kappa shape index (κ2) is 4.42. The van der Waals surface area contributed by atoms with Gasteiger partial charge in [0.15, 0.2) is 0 Å².